The van der Waals surface area contributed by atoms with Crippen LogP contribution < -0.4 is 14.4 Å². The number of rotatable bonds is 8. The van der Waals surface area contributed by atoms with E-state index in [1.54, 1.807) is 36.4 Å². The molecule has 2 fully saturated rings. The van der Waals surface area contributed by atoms with E-state index in [0.717, 1.165) is 34.3 Å². The molecule has 0 spiro atoms. The predicted octanol–water partition coefficient (Wildman–Crippen LogP) is 3.23. The second-order valence-corrected chi connectivity index (χ2v) is 12.7. The summed E-state index contributed by atoms with van der Waals surface area (Å²) in [6, 6.07) is 7.71. The maximum Gasteiger partial charge on any atom is 0.217 e. The molecule has 0 aromatic carbocycles. The maximum atomic E-state index is 11.9. The third-order valence-corrected chi connectivity index (χ3v) is 8.69. The van der Waals surface area contributed by atoms with Gasteiger partial charge in [0.25, 0.3) is 0 Å². The third kappa shape index (κ3) is 5.08. The van der Waals surface area contributed by atoms with E-state index in [1.807, 2.05) is 25.1 Å². The molecular weight excluding hydrogens is 532 g/mol. The summed E-state index contributed by atoms with van der Waals surface area (Å²) in [5.41, 5.74) is 4.05. The first-order valence-electron chi connectivity index (χ1n) is 13.2. The lowest BCUT2D eigenvalue weighted by Crippen LogP contribution is -2.57. The number of aryl methyl sites for hydroxylation is 1. The number of nitrogens with zero attached hydrogens (tertiary/aromatic N) is 6. The van der Waals surface area contributed by atoms with E-state index in [1.165, 1.54) is 6.26 Å². The first kappa shape index (κ1) is 26.5. The molecule has 0 bridgehead atoms. The second kappa shape index (κ2) is 10.3. The Labute approximate surface area is 233 Å². The van der Waals surface area contributed by atoms with Crippen LogP contribution in [0.25, 0.3) is 28.0 Å². The maximum absolute atomic E-state index is 11.9. The van der Waals surface area contributed by atoms with Crippen LogP contribution in [-0.4, -0.2) is 84.2 Å². The number of hydrogen-bond acceptors (Lipinski definition) is 10. The lowest BCUT2D eigenvalue weighted by molar-refractivity contribution is 0.138. The lowest BCUT2D eigenvalue weighted by Gasteiger charge is -2.48. The van der Waals surface area contributed by atoms with E-state index in [0.29, 0.717) is 42.9 Å². The molecular formula is C28H32N6O5S. The van der Waals surface area contributed by atoms with Gasteiger partial charge >= 0.3 is 0 Å². The molecule has 2 saturated heterocycles. The first-order chi connectivity index (χ1) is 19.2. The molecule has 2 aliphatic rings. The van der Waals surface area contributed by atoms with Gasteiger partial charge in [0.2, 0.25) is 5.88 Å². The summed E-state index contributed by atoms with van der Waals surface area (Å²) < 4.78 is 42.9. The molecule has 12 heteroatoms. The highest BCUT2D eigenvalue weighted by Gasteiger charge is 2.38. The molecule has 3 atom stereocenters. The van der Waals surface area contributed by atoms with Gasteiger partial charge in [-0.25, -0.2) is 13.1 Å². The van der Waals surface area contributed by atoms with Crippen molar-refractivity contribution in [1.29, 1.82) is 0 Å². The SMILES string of the molecule is COc1ccncc1-c1cc2c(cnn2-c2cc(N3C[C@H](CS(C)(=O)=O)[C@H]3C)cc(OC3CCOC3)n2)c(C)n1. The molecule has 6 heterocycles. The molecule has 4 aromatic rings. The Hall–Kier alpha value is -3.77. The number of fused-ring (bicyclic) bond motifs is 1. The Morgan fingerprint density at radius 3 is 2.75 bits per heavy atom. The summed E-state index contributed by atoms with van der Waals surface area (Å²) in [5, 5.41) is 5.59. The topological polar surface area (TPSA) is 122 Å². The van der Waals surface area contributed by atoms with Crippen LogP contribution in [0.1, 0.15) is 19.0 Å². The van der Waals surface area contributed by atoms with Crippen molar-refractivity contribution in [3.05, 3.63) is 48.5 Å². The van der Waals surface area contributed by atoms with Gasteiger partial charge in [-0.1, -0.05) is 0 Å². The van der Waals surface area contributed by atoms with Crippen LogP contribution >= 0.6 is 0 Å². The van der Waals surface area contributed by atoms with Crippen molar-refractivity contribution in [3.8, 4) is 28.7 Å². The summed E-state index contributed by atoms with van der Waals surface area (Å²) in [7, 11) is -1.44. The zero-order chi connectivity index (χ0) is 28.0. The molecule has 0 radical (unpaired) electrons. The number of ether oxygens (including phenoxy) is 3. The van der Waals surface area contributed by atoms with E-state index in [9.17, 15) is 8.42 Å². The van der Waals surface area contributed by atoms with Gasteiger partial charge in [0.15, 0.2) is 5.82 Å². The quantitative estimate of drug-likeness (QED) is 0.315. The van der Waals surface area contributed by atoms with Crippen LogP contribution in [0, 0.1) is 12.8 Å². The summed E-state index contributed by atoms with van der Waals surface area (Å²) in [6.45, 7) is 5.81. The van der Waals surface area contributed by atoms with Crippen molar-refractivity contribution in [3.63, 3.8) is 0 Å². The molecule has 0 N–H and O–H groups in total. The molecule has 40 heavy (non-hydrogen) atoms. The number of hydrogen-bond donors (Lipinski definition) is 0. The average molecular weight is 565 g/mol. The van der Waals surface area contributed by atoms with Crippen LogP contribution in [0.2, 0.25) is 0 Å². The summed E-state index contributed by atoms with van der Waals surface area (Å²) >= 11 is 0. The van der Waals surface area contributed by atoms with Crippen molar-refractivity contribution in [1.82, 2.24) is 24.7 Å². The zero-order valence-corrected chi connectivity index (χ0v) is 23.8. The van der Waals surface area contributed by atoms with Gasteiger partial charge in [0.05, 0.1) is 49.0 Å². The number of anilines is 1. The molecule has 11 nitrogen and oxygen atoms in total. The van der Waals surface area contributed by atoms with Gasteiger partial charge < -0.3 is 19.1 Å². The Bertz CT molecular complexity index is 1670. The fraction of sp³-hybridized carbons (Fsp3) is 0.429. The van der Waals surface area contributed by atoms with Gasteiger partial charge in [0.1, 0.15) is 21.7 Å². The third-order valence-electron chi connectivity index (χ3n) is 7.65. The Balaban J connectivity index is 1.42. The van der Waals surface area contributed by atoms with Gasteiger partial charge in [-0.05, 0) is 26.0 Å². The fourth-order valence-electron chi connectivity index (χ4n) is 5.45. The van der Waals surface area contributed by atoms with Crippen molar-refractivity contribution < 1.29 is 22.6 Å². The van der Waals surface area contributed by atoms with Gasteiger partial charge in [-0.3, -0.25) is 9.97 Å². The van der Waals surface area contributed by atoms with Gasteiger partial charge in [0, 0.05) is 72.5 Å². The Kier molecular flexibility index (Phi) is 6.83. The predicted molar refractivity (Wildman–Crippen MR) is 151 cm³/mol. The smallest absolute Gasteiger partial charge is 0.217 e. The number of aromatic nitrogens is 5. The summed E-state index contributed by atoms with van der Waals surface area (Å²) in [4.78, 5) is 16.1. The molecule has 0 amide bonds. The summed E-state index contributed by atoms with van der Waals surface area (Å²) in [5.74, 6) is 1.98. The van der Waals surface area contributed by atoms with Gasteiger partial charge in [-0.2, -0.15) is 10.1 Å². The molecule has 1 unspecified atom stereocenters. The van der Waals surface area contributed by atoms with E-state index in [2.05, 4.69) is 16.8 Å². The van der Waals surface area contributed by atoms with E-state index in [4.69, 9.17) is 29.3 Å². The standard InChI is InChI=1S/C28H32N6O5S/c1-17-22-13-30-34(25(22)11-24(31-17)23-12-29-7-5-26(23)37-3)27-9-20(10-28(32-27)39-21-6-8-38-15-21)33-14-19(18(33)2)16-40(4,35)36/h5,7,9-13,18-19,21H,6,8,14-16H2,1-4H3/t18-,19-,21?/m1/s1. The normalized spacial score (nSPS) is 21.0. The molecule has 210 valence electrons. The minimum atomic E-state index is -3.06. The molecule has 0 saturated carbocycles. The fourth-order valence-corrected chi connectivity index (χ4v) is 6.61. The Morgan fingerprint density at radius 2 is 2.02 bits per heavy atom. The monoisotopic (exact) mass is 564 g/mol. The molecule has 2 aliphatic heterocycles. The lowest BCUT2D eigenvalue weighted by atomic mass is 9.91. The van der Waals surface area contributed by atoms with E-state index in [-0.39, 0.29) is 23.8 Å². The van der Waals surface area contributed by atoms with Crippen molar-refractivity contribution >= 4 is 26.4 Å². The Morgan fingerprint density at radius 1 is 1.18 bits per heavy atom. The number of methoxy groups -OCH3 is 1. The van der Waals surface area contributed by atoms with Crippen LogP contribution in [0.4, 0.5) is 5.69 Å². The molecule has 6 rings (SSSR count). The van der Waals surface area contributed by atoms with Crippen molar-refractivity contribution in [2.24, 2.45) is 5.92 Å². The van der Waals surface area contributed by atoms with E-state index < -0.39 is 9.84 Å². The van der Waals surface area contributed by atoms with Crippen molar-refractivity contribution in [2.75, 3.05) is 43.8 Å². The second-order valence-electron chi connectivity index (χ2n) is 10.5. The number of sulfone groups is 1. The van der Waals surface area contributed by atoms with Gasteiger partial charge in [-0.15, -0.1) is 0 Å². The molecule has 0 aliphatic carbocycles. The highest BCUT2D eigenvalue weighted by atomic mass is 32.2. The highest BCUT2D eigenvalue weighted by molar-refractivity contribution is 7.90. The van der Waals surface area contributed by atoms with Crippen LogP contribution in [-0.2, 0) is 14.6 Å². The van der Waals surface area contributed by atoms with Crippen molar-refractivity contribution in [2.45, 2.75) is 32.4 Å². The van der Waals surface area contributed by atoms with Crippen LogP contribution in [0.15, 0.2) is 42.9 Å². The minimum absolute atomic E-state index is 0.0538. The zero-order valence-electron chi connectivity index (χ0n) is 22.9. The largest absolute Gasteiger partial charge is 0.496 e. The number of pyridine rings is 3. The van der Waals surface area contributed by atoms with E-state index >= 15 is 0 Å². The van der Waals surface area contributed by atoms with Crippen LogP contribution in [0.3, 0.4) is 0 Å². The minimum Gasteiger partial charge on any atom is -0.496 e. The highest BCUT2D eigenvalue weighted by Crippen LogP contribution is 2.36. The molecule has 4 aromatic heterocycles. The average Bonchev–Trinajstić information content (AvgIpc) is 3.60. The summed E-state index contributed by atoms with van der Waals surface area (Å²) in [6.07, 6.45) is 7.21. The van der Waals surface area contributed by atoms with Crippen LogP contribution in [0.5, 0.6) is 11.6 Å². The first-order valence-corrected chi connectivity index (χ1v) is 15.3.